The van der Waals surface area contributed by atoms with Gasteiger partial charge in [0, 0.05) is 17.8 Å². The molecule has 1 fully saturated rings. The average molecular weight is 343 g/mol. The van der Waals surface area contributed by atoms with Crippen LogP contribution in [0.25, 0.3) is 0 Å². The fourth-order valence-electron chi connectivity index (χ4n) is 3.06. The van der Waals surface area contributed by atoms with Crippen molar-refractivity contribution in [3.05, 3.63) is 57.4 Å². The molecule has 5 heteroatoms. The number of carbonyl (C=O) groups excluding carboxylic acids is 1. The normalized spacial score (nSPS) is 16.8. The molecule has 2 aromatic rings. The molecule has 1 amide bonds. The zero-order valence-corrected chi connectivity index (χ0v) is 14.3. The van der Waals surface area contributed by atoms with E-state index in [0.29, 0.717) is 41.8 Å². The molecule has 1 N–H and O–H groups in total. The first-order chi connectivity index (χ1) is 11.6. The van der Waals surface area contributed by atoms with Crippen LogP contribution in [-0.4, -0.2) is 24.0 Å². The van der Waals surface area contributed by atoms with Crippen LogP contribution in [0.5, 0.6) is 5.75 Å². The quantitative estimate of drug-likeness (QED) is 0.926. The Kier molecular flexibility index (Phi) is 3.93. The Bertz CT molecular complexity index is 798. The molecule has 0 saturated heterocycles. The molecule has 2 aliphatic rings. The maximum absolute atomic E-state index is 12.2. The van der Waals surface area contributed by atoms with Crippen LogP contribution < -0.4 is 10.1 Å². The van der Waals surface area contributed by atoms with Gasteiger partial charge in [0.1, 0.15) is 6.61 Å². The molecule has 1 saturated carbocycles. The number of amides is 1. The maximum Gasteiger partial charge on any atom is 0.255 e. The predicted octanol–water partition coefficient (Wildman–Crippen LogP) is 3.63. The molecule has 4 rings (SSSR count). The van der Waals surface area contributed by atoms with Crippen molar-refractivity contribution in [1.82, 2.24) is 10.3 Å². The number of nitrogens with one attached hydrogen (secondary N) is 1. The molecule has 1 aliphatic heterocycles. The van der Waals surface area contributed by atoms with Gasteiger partial charge in [-0.1, -0.05) is 17.7 Å². The van der Waals surface area contributed by atoms with Gasteiger partial charge in [0.2, 0.25) is 0 Å². The van der Waals surface area contributed by atoms with Crippen LogP contribution in [-0.2, 0) is 6.42 Å². The second-order valence-electron chi connectivity index (χ2n) is 6.50. The molecule has 0 unspecified atom stereocenters. The lowest BCUT2D eigenvalue weighted by Crippen LogP contribution is -2.24. The smallest absolute Gasteiger partial charge is 0.255 e. The average Bonchev–Trinajstić information content (AvgIpc) is 3.43. The summed E-state index contributed by atoms with van der Waals surface area (Å²) in [6.07, 6.45) is 5.13. The summed E-state index contributed by atoms with van der Waals surface area (Å²) < 4.78 is 5.66. The van der Waals surface area contributed by atoms with E-state index in [0.717, 1.165) is 16.7 Å². The molecule has 1 aliphatic carbocycles. The second kappa shape index (κ2) is 6.10. The molecule has 0 bridgehead atoms. The summed E-state index contributed by atoms with van der Waals surface area (Å²) in [6.45, 7) is 2.89. The number of halogens is 1. The van der Waals surface area contributed by atoms with Crippen LogP contribution in [0.2, 0.25) is 5.02 Å². The number of aromatic nitrogens is 1. The molecule has 24 heavy (non-hydrogen) atoms. The Balaban J connectivity index is 1.67. The van der Waals surface area contributed by atoms with Gasteiger partial charge in [0.15, 0.2) is 5.75 Å². The predicted molar refractivity (Wildman–Crippen MR) is 93.0 cm³/mol. The Labute approximate surface area is 146 Å². The van der Waals surface area contributed by atoms with Crippen molar-refractivity contribution in [2.24, 2.45) is 0 Å². The number of hydrogen-bond donors (Lipinski definition) is 1. The second-order valence-corrected chi connectivity index (χ2v) is 6.88. The van der Waals surface area contributed by atoms with E-state index < -0.39 is 0 Å². The number of pyridine rings is 1. The Morgan fingerprint density at radius 2 is 2.21 bits per heavy atom. The summed E-state index contributed by atoms with van der Waals surface area (Å²) in [4.78, 5) is 16.8. The first-order valence-corrected chi connectivity index (χ1v) is 8.69. The van der Waals surface area contributed by atoms with Gasteiger partial charge in [0.05, 0.1) is 17.1 Å². The zero-order valence-electron chi connectivity index (χ0n) is 13.6. The summed E-state index contributed by atoms with van der Waals surface area (Å²) in [5, 5.41) is 3.36. The lowest BCUT2D eigenvalue weighted by atomic mass is 9.97. The summed E-state index contributed by atoms with van der Waals surface area (Å²) in [5.41, 5.74) is 4.80. The van der Waals surface area contributed by atoms with E-state index in [2.05, 4.69) is 22.4 Å². The molecule has 0 spiro atoms. The molecular weight excluding hydrogens is 324 g/mol. The first-order valence-electron chi connectivity index (χ1n) is 8.31. The number of fused-ring (bicyclic) bond motifs is 1. The minimum Gasteiger partial charge on any atom is -0.489 e. The molecule has 2 heterocycles. The SMILES string of the molecule is Cc1c(Cc2ccc(C3CC3)nc2)cc2c(c1Cl)OCCNC2=O. The van der Waals surface area contributed by atoms with Crippen molar-refractivity contribution in [3.63, 3.8) is 0 Å². The van der Waals surface area contributed by atoms with Crippen molar-refractivity contribution < 1.29 is 9.53 Å². The van der Waals surface area contributed by atoms with Crippen molar-refractivity contribution in [3.8, 4) is 5.75 Å². The molecule has 124 valence electrons. The summed E-state index contributed by atoms with van der Waals surface area (Å²) in [5.74, 6) is 1.02. The monoisotopic (exact) mass is 342 g/mol. The van der Waals surface area contributed by atoms with Crippen LogP contribution in [0.3, 0.4) is 0 Å². The summed E-state index contributed by atoms with van der Waals surface area (Å²) in [7, 11) is 0. The van der Waals surface area contributed by atoms with Crippen LogP contribution in [0.4, 0.5) is 0 Å². The zero-order chi connectivity index (χ0) is 16.7. The van der Waals surface area contributed by atoms with Gasteiger partial charge in [-0.05, 0) is 55.0 Å². The number of nitrogens with zero attached hydrogens (tertiary/aromatic N) is 1. The first kappa shape index (κ1) is 15.5. The number of rotatable bonds is 3. The molecule has 0 radical (unpaired) electrons. The molecular formula is C19H19ClN2O2. The fourth-order valence-corrected chi connectivity index (χ4v) is 3.34. The van der Waals surface area contributed by atoms with Crippen LogP contribution in [0.15, 0.2) is 24.4 Å². The van der Waals surface area contributed by atoms with Crippen molar-refractivity contribution in [2.45, 2.75) is 32.1 Å². The Morgan fingerprint density at radius 3 is 2.92 bits per heavy atom. The number of benzene rings is 1. The lowest BCUT2D eigenvalue weighted by Gasteiger charge is -2.14. The van der Waals surface area contributed by atoms with Gasteiger partial charge >= 0.3 is 0 Å². The number of carbonyl (C=O) groups is 1. The Hall–Kier alpha value is -2.07. The minimum atomic E-state index is -0.132. The lowest BCUT2D eigenvalue weighted by molar-refractivity contribution is 0.0957. The standard InChI is InChI=1S/C19H19ClN2O2/c1-11-14(8-12-2-5-16(22-10-12)13-3-4-13)9-15-18(17(11)20)24-7-6-21-19(15)23/h2,5,9-10,13H,3-4,6-8H2,1H3,(H,21,23). The highest BCUT2D eigenvalue weighted by Gasteiger charge is 2.25. The Morgan fingerprint density at radius 1 is 1.38 bits per heavy atom. The fraction of sp³-hybridized carbons (Fsp3) is 0.368. The van der Waals surface area contributed by atoms with Crippen LogP contribution in [0, 0.1) is 6.92 Å². The van der Waals surface area contributed by atoms with Crippen molar-refractivity contribution in [1.29, 1.82) is 0 Å². The van der Waals surface area contributed by atoms with Gasteiger partial charge in [0.25, 0.3) is 5.91 Å². The summed E-state index contributed by atoms with van der Waals surface area (Å²) in [6, 6.07) is 6.13. The van der Waals surface area contributed by atoms with Crippen molar-refractivity contribution in [2.75, 3.05) is 13.2 Å². The highest BCUT2D eigenvalue weighted by atomic mass is 35.5. The maximum atomic E-state index is 12.2. The number of ether oxygens (including phenoxy) is 1. The van der Waals surface area contributed by atoms with Gasteiger partial charge in [-0.15, -0.1) is 0 Å². The van der Waals surface area contributed by atoms with E-state index in [-0.39, 0.29) is 5.91 Å². The summed E-state index contributed by atoms with van der Waals surface area (Å²) >= 11 is 6.47. The molecule has 4 nitrogen and oxygen atoms in total. The van der Waals surface area contributed by atoms with Gasteiger partial charge in [-0.3, -0.25) is 9.78 Å². The third-order valence-electron chi connectivity index (χ3n) is 4.69. The van der Waals surface area contributed by atoms with Gasteiger partial charge in [-0.25, -0.2) is 0 Å². The van der Waals surface area contributed by atoms with E-state index in [1.807, 2.05) is 19.2 Å². The molecule has 1 aromatic heterocycles. The van der Waals surface area contributed by atoms with E-state index in [1.165, 1.54) is 18.5 Å². The van der Waals surface area contributed by atoms with E-state index in [9.17, 15) is 4.79 Å². The third kappa shape index (κ3) is 2.86. The van der Waals surface area contributed by atoms with Gasteiger partial charge in [-0.2, -0.15) is 0 Å². The highest BCUT2D eigenvalue weighted by Crippen LogP contribution is 2.39. The van der Waals surface area contributed by atoms with E-state index in [4.69, 9.17) is 16.3 Å². The van der Waals surface area contributed by atoms with Crippen molar-refractivity contribution >= 4 is 17.5 Å². The largest absolute Gasteiger partial charge is 0.489 e. The van der Waals surface area contributed by atoms with E-state index >= 15 is 0 Å². The molecule has 0 atom stereocenters. The van der Waals surface area contributed by atoms with Crippen LogP contribution in [0.1, 0.15) is 51.5 Å². The van der Waals surface area contributed by atoms with Gasteiger partial charge < -0.3 is 10.1 Å². The van der Waals surface area contributed by atoms with Crippen LogP contribution >= 0.6 is 11.6 Å². The van der Waals surface area contributed by atoms with E-state index in [1.54, 1.807) is 0 Å². The molecule has 1 aromatic carbocycles. The highest BCUT2D eigenvalue weighted by molar-refractivity contribution is 6.33. The topological polar surface area (TPSA) is 51.2 Å². The number of hydrogen-bond acceptors (Lipinski definition) is 3. The minimum absolute atomic E-state index is 0.132. The third-order valence-corrected chi connectivity index (χ3v) is 5.15.